The van der Waals surface area contributed by atoms with Gasteiger partial charge in [-0.1, -0.05) is 39.7 Å². The molecule has 24 heavy (non-hydrogen) atoms. The van der Waals surface area contributed by atoms with Crippen molar-refractivity contribution in [2.45, 2.75) is 6.42 Å². The molecule has 0 aliphatic carbocycles. The second-order valence-corrected chi connectivity index (χ2v) is 7.06. The van der Waals surface area contributed by atoms with Crippen LogP contribution in [-0.4, -0.2) is 25.1 Å². The molecule has 1 heterocycles. The highest BCUT2D eigenvalue weighted by atomic mass is 79.9. The fourth-order valence-corrected chi connectivity index (χ4v) is 3.50. The van der Waals surface area contributed by atoms with Gasteiger partial charge in [-0.15, -0.1) is 0 Å². The summed E-state index contributed by atoms with van der Waals surface area (Å²) in [5.74, 6) is -0.296. The molecule has 1 unspecified atom stereocenters. The molecule has 2 aromatic rings. The Hall–Kier alpha value is -1.30. The van der Waals surface area contributed by atoms with Gasteiger partial charge in [0, 0.05) is 29.6 Å². The Morgan fingerprint density at radius 3 is 2.71 bits per heavy atom. The largest absolute Gasteiger partial charge is 0.382 e. The molecule has 1 fully saturated rings. The number of halogens is 3. The molecule has 6 heteroatoms. The number of ether oxygens (including phenoxy) is 1. The number of benzene rings is 2. The number of alkyl halides is 1. The summed E-state index contributed by atoms with van der Waals surface area (Å²) in [6.07, 6.45) is 0.971. The molecule has 0 saturated carbocycles. The Labute approximate surface area is 154 Å². The van der Waals surface area contributed by atoms with Gasteiger partial charge in [0.2, 0.25) is 0 Å². The fraction of sp³-hybridized carbons (Fsp3) is 0.333. The van der Waals surface area contributed by atoms with Crippen LogP contribution in [0.1, 0.15) is 6.42 Å². The minimum Gasteiger partial charge on any atom is -0.382 e. The van der Waals surface area contributed by atoms with E-state index in [1.54, 1.807) is 12.1 Å². The SMILES string of the molecule is Fc1cc(Nc2ccccc2Cl)ccc1NCC1(CBr)CCOC1. The number of anilines is 3. The number of hydrogen-bond donors (Lipinski definition) is 2. The van der Waals surface area contributed by atoms with E-state index in [0.717, 1.165) is 24.0 Å². The molecule has 3 nitrogen and oxygen atoms in total. The van der Waals surface area contributed by atoms with Crippen LogP contribution < -0.4 is 10.6 Å². The van der Waals surface area contributed by atoms with Gasteiger partial charge in [-0.3, -0.25) is 0 Å². The molecule has 0 radical (unpaired) electrons. The van der Waals surface area contributed by atoms with Crippen molar-refractivity contribution in [2.75, 3.05) is 35.7 Å². The highest BCUT2D eigenvalue weighted by molar-refractivity contribution is 9.09. The molecule has 1 atom stereocenters. The van der Waals surface area contributed by atoms with Crippen molar-refractivity contribution >= 4 is 44.6 Å². The van der Waals surface area contributed by atoms with Crippen molar-refractivity contribution in [1.29, 1.82) is 0 Å². The van der Waals surface area contributed by atoms with Gasteiger partial charge >= 0.3 is 0 Å². The zero-order valence-electron chi connectivity index (χ0n) is 13.1. The van der Waals surface area contributed by atoms with E-state index >= 15 is 0 Å². The van der Waals surface area contributed by atoms with Gasteiger partial charge in [-0.25, -0.2) is 4.39 Å². The van der Waals surface area contributed by atoms with Gasteiger partial charge in [0.1, 0.15) is 5.82 Å². The minimum absolute atomic E-state index is 0.0287. The quantitative estimate of drug-likeness (QED) is 0.619. The van der Waals surface area contributed by atoms with Crippen LogP contribution in [0.2, 0.25) is 5.02 Å². The summed E-state index contributed by atoms with van der Waals surface area (Å²) in [6, 6.07) is 12.4. The number of para-hydroxylation sites is 1. The predicted octanol–water partition coefficient (Wildman–Crippen LogP) is 5.44. The second kappa shape index (κ2) is 7.72. The molecular weight excluding hydrogens is 395 g/mol. The predicted molar refractivity (Wildman–Crippen MR) is 101 cm³/mol. The first kappa shape index (κ1) is 17.5. The lowest BCUT2D eigenvalue weighted by molar-refractivity contribution is 0.166. The molecule has 1 aliphatic heterocycles. The van der Waals surface area contributed by atoms with Gasteiger partial charge in [-0.05, 0) is 36.8 Å². The Morgan fingerprint density at radius 1 is 1.21 bits per heavy atom. The van der Waals surface area contributed by atoms with Crippen molar-refractivity contribution in [1.82, 2.24) is 0 Å². The van der Waals surface area contributed by atoms with E-state index < -0.39 is 0 Å². The summed E-state index contributed by atoms with van der Waals surface area (Å²) >= 11 is 9.66. The van der Waals surface area contributed by atoms with Crippen molar-refractivity contribution in [3.63, 3.8) is 0 Å². The maximum absolute atomic E-state index is 14.4. The number of hydrogen-bond acceptors (Lipinski definition) is 3. The van der Waals surface area contributed by atoms with Crippen molar-refractivity contribution in [2.24, 2.45) is 5.41 Å². The van der Waals surface area contributed by atoms with E-state index in [1.807, 2.05) is 24.3 Å². The van der Waals surface area contributed by atoms with Gasteiger partial charge in [-0.2, -0.15) is 0 Å². The molecule has 0 aromatic heterocycles. The summed E-state index contributed by atoms with van der Waals surface area (Å²) in [5, 5.41) is 7.77. The first-order chi connectivity index (χ1) is 11.6. The van der Waals surface area contributed by atoms with Crippen molar-refractivity contribution in [3.8, 4) is 0 Å². The van der Waals surface area contributed by atoms with E-state index in [9.17, 15) is 4.39 Å². The second-order valence-electron chi connectivity index (χ2n) is 6.09. The summed E-state index contributed by atoms with van der Waals surface area (Å²) < 4.78 is 19.9. The third-order valence-corrected chi connectivity index (χ3v) is 5.76. The van der Waals surface area contributed by atoms with E-state index in [1.165, 1.54) is 6.07 Å². The van der Waals surface area contributed by atoms with Crippen LogP contribution in [-0.2, 0) is 4.74 Å². The highest BCUT2D eigenvalue weighted by Crippen LogP contribution is 2.32. The maximum atomic E-state index is 14.4. The Bertz CT molecular complexity index is 707. The van der Waals surface area contributed by atoms with Crippen LogP contribution in [0, 0.1) is 11.2 Å². The van der Waals surface area contributed by atoms with Crippen LogP contribution in [0.3, 0.4) is 0 Å². The number of nitrogens with one attached hydrogen (secondary N) is 2. The molecule has 0 bridgehead atoms. The third kappa shape index (κ3) is 4.02. The molecule has 1 aliphatic rings. The molecule has 2 N–H and O–H groups in total. The van der Waals surface area contributed by atoms with Crippen molar-refractivity contribution in [3.05, 3.63) is 53.3 Å². The molecule has 2 aromatic carbocycles. The summed E-state index contributed by atoms with van der Waals surface area (Å²) in [7, 11) is 0. The molecule has 1 saturated heterocycles. The highest BCUT2D eigenvalue weighted by Gasteiger charge is 2.33. The van der Waals surface area contributed by atoms with Gasteiger partial charge in [0.15, 0.2) is 0 Å². The lowest BCUT2D eigenvalue weighted by atomic mass is 9.90. The summed E-state index contributed by atoms with van der Waals surface area (Å²) in [6.45, 7) is 2.13. The molecule has 0 spiro atoms. The first-order valence-electron chi connectivity index (χ1n) is 7.81. The Balaban J connectivity index is 1.67. The van der Waals surface area contributed by atoms with Crippen LogP contribution in [0.25, 0.3) is 0 Å². The zero-order chi connectivity index (χ0) is 17.0. The normalized spacial score (nSPS) is 20.1. The standard InChI is InChI=1S/C18H19BrClFN2O/c19-10-18(7-8-24-12-18)11-22-17-6-5-13(9-15(17)21)23-16-4-2-1-3-14(16)20/h1-6,9,22-23H,7-8,10-12H2. The fourth-order valence-electron chi connectivity index (χ4n) is 2.68. The average molecular weight is 414 g/mol. The minimum atomic E-state index is -0.296. The summed E-state index contributed by atoms with van der Waals surface area (Å²) in [4.78, 5) is 0. The molecule has 128 valence electrons. The van der Waals surface area contributed by atoms with Gasteiger partial charge in [0.05, 0.1) is 23.0 Å². The molecule has 0 amide bonds. The number of rotatable bonds is 6. The molecule has 3 rings (SSSR count). The third-order valence-electron chi connectivity index (χ3n) is 4.24. The Kier molecular flexibility index (Phi) is 5.64. The van der Waals surface area contributed by atoms with Crippen molar-refractivity contribution < 1.29 is 9.13 Å². The lowest BCUT2D eigenvalue weighted by Gasteiger charge is -2.25. The first-order valence-corrected chi connectivity index (χ1v) is 9.31. The van der Waals surface area contributed by atoms with E-state index in [0.29, 0.717) is 29.5 Å². The Morgan fingerprint density at radius 2 is 2.04 bits per heavy atom. The summed E-state index contributed by atoms with van der Waals surface area (Å²) in [5.41, 5.74) is 1.93. The van der Waals surface area contributed by atoms with Crippen LogP contribution in [0.15, 0.2) is 42.5 Å². The van der Waals surface area contributed by atoms with Gasteiger partial charge in [0.25, 0.3) is 0 Å². The van der Waals surface area contributed by atoms with E-state index in [2.05, 4.69) is 26.6 Å². The van der Waals surface area contributed by atoms with Gasteiger partial charge < -0.3 is 15.4 Å². The molecular formula is C18H19BrClFN2O. The monoisotopic (exact) mass is 412 g/mol. The lowest BCUT2D eigenvalue weighted by Crippen LogP contribution is -2.32. The van der Waals surface area contributed by atoms with Crippen LogP contribution >= 0.6 is 27.5 Å². The van der Waals surface area contributed by atoms with E-state index in [-0.39, 0.29) is 11.2 Å². The topological polar surface area (TPSA) is 33.3 Å². The zero-order valence-corrected chi connectivity index (χ0v) is 15.5. The smallest absolute Gasteiger partial charge is 0.148 e. The maximum Gasteiger partial charge on any atom is 0.148 e. The average Bonchev–Trinajstić information content (AvgIpc) is 3.06. The van der Waals surface area contributed by atoms with Crippen LogP contribution in [0.5, 0.6) is 0 Å². The van der Waals surface area contributed by atoms with Crippen LogP contribution in [0.4, 0.5) is 21.5 Å². The van der Waals surface area contributed by atoms with E-state index in [4.69, 9.17) is 16.3 Å².